The van der Waals surface area contributed by atoms with E-state index in [9.17, 15) is 9.90 Å². The number of carbonyl (C=O) groups excluding carboxylic acids is 1. The molecule has 22 heavy (non-hydrogen) atoms. The molecule has 0 spiro atoms. The number of aliphatic hydroxyl groups is 1. The molecule has 1 unspecified atom stereocenters. The maximum Gasteiger partial charge on any atom is 0.240 e. The molecule has 116 valence electrons. The molecule has 0 radical (unpaired) electrons. The van der Waals surface area contributed by atoms with Crippen LogP contribution in [0.1, 0.15) is 25.3 Å². The average Bonchev–Trinajstić information content (AvgIpc) is 2.98. The molecule has 2 atom stereocenters. The van der Waals surface area contributed by atoms with Gasteiger partial charge in [-0.05, 0) is 36.1 Å². The second-order valence-corrected chi connectivity index (χ2v) is 5.80. The van der Waals surface area contributed by atoms with Crippen molar-refractivity contribution < 1.29 is 9.90 Å². The Hall–Kier alpha value is -1.91. The molecule has 2 N–H and O–H groups in total. The zero-order valence-corrected chi connectivity index (χ0v) is 12.8. The van der Waals surface area contributed by atoms with Gasteiger partial charge < -0.3 is 10.0 Å². The molecule has 1 aliphatic rings. The lowest BCUT2D eigenvalue weighted by molar-refractivity contribution is -0.133. The number of hydrogen-bond donors (Lipinski definition) is 2. The molecule has 0 aromatic heterocycles. The smallest absolute Gasteiger partial charge is 0.240 e. The van der Waals surface area contributed by atoms with Crippen LogP contribution < -0.4 is 5.32 Å². The van der Waals surface area contributed by atoms with E-state index in [-0.39, 0.29) is 11.9 Å². The molecule has 4 heteroatoms. The van der Waals surface area contributed by atoms with E-state index in [0.717, 1.165) is 5.56 Å². The quantitative estimate of drug-likeness (QED) is 0.910. The third kappa shape index (κ3) is 2.98. The number of benzene rings is 2. The molecule has 0 aliphatic carbocycles. The van der Waals surface area contributed by atoms with Crippen LogP contribution in [0.3, 0.4) is 0 Å². The normalized spacial score (nSPS) is 21.2. The summed E-state index contributed by atoms with van der Waals surface area (Å²) in [5.41, 5.74) is 1.16. The number of rotatable bonds is 4. The topological polar surface area (TPSA) is 52.6 Å². The monoisotopic (exact) mass is 298 g/mol. The summed E-state index contributed by atoms with van der Waals surface area (Å²) in [6.07, 6.45) is 0.791. The summed E-state index contributed by atoms with van der Waals surface area (Å²) in [4.78, 5) is 14.5. The van der Waals surface area contributed by atoms with E-state index in [0.29, 0.717) is 25.9 Å². The maximum absolute atomic E-state index is 12.6. The van der Waals surface area contributed by atoms with Gasteiger partial charge in [0.15, 0.2) is 0 Å². The molecule has 1 aliphatic heterocycles. The highest BCUT2D eigenvalue weighted by atomic mass is 16.3. The number of amides is 1. The van der Waals surface area contributed by atoms with Gasteiger partial charge in [-0.3, -0.25) is 10.1 Å². The number of nitrogens with one attached hydrogen (secondary N) is 1. The largest absolute Gasteiger partial charge is 0.379 e. The highest BCUT2D eigenvalue weighted by Gasteiger charge is 2.30. The Bertz CT molecular complexity index is 666. The number of likely N-dealkylation sites (N-methyl/N-ethyl adjacent to an activating group) is 1. The summed E-state index contributed by atoms with van der Waals surface area (Å²) in [5.74, 6) is 0.0759. The molecular formula is C18H22N2O2. The minimum absolute atomic E-state index is 0.0759. The molecule has 3 rings (SSSR count). The van der Waals surface area contributed by atoms with Crippen molar-refractivity contribution in [1.29, 1.82) is 0 Å². The Morgan fingerprint density at radius 1 is 1.23 bits per heavy atom. The molecule has 2 aromatic rings. The molecule has 1 saturated heterocycles. The van der Waals surface area contributed by atoms with E-state index in [4.69, 9.17) is 0 Å². The van der Waals surface area contributed by atoms with E-state index < -0.39 is 6.23 Å². The first-order valence-corrected chi connectivity index (χ1v) is 7.88. The third-order valence-corrected chi connectivity index (χ3v) is 4.35. The van der Waals surface area contributed by atoms with Crippen molar-refractivity contribution >= 4 is 16.7 Å². The van der Waals surface area contributed by atoms with Crippen molar-refractivity contribution in [3.8, 4) is 0 Å². The number of carbonyl (C=O) groups is 1. The van der Waals surface area contributed by atoms with Gasteiger partial charge in [0.05, 0.1) is 6.04 Å². The molecule has 1 heterocycles. The van der Waals surface area contributed by atoms with Crippen LogP contribution in [-0.4, -0.2) is 34.7 Å². The van der Waals surface area contributed by atoms with E-state index in [1.807, 2.05) is 30.0 Å². The Balaban J connectivity index is 1.81. The number of hydrogen-bond acceptors (Lipinski definition) is 3. The van der Waals surface area contributed by atoms with Crippen LogP contribution in [-0.2, 0) is 11.3 Å². The number of nitrogens with zero attached hydrogens (tertiary/aromatic N) is 1. The van der Waals surface area contributed by atoms with Crippen LogP contribution >= 0.6 is 0 Å². The standard InChI is InChI=1S/C18H22N2O2/c1-2-20(18(22)16-10-11-17(21)19-16)12-14-8-5-7-13-6-3-4-9-15(13)14/h3-9,16-17,19,21H,2,10-12H2,1H3/t16-,17?/m0/s1. The molecular weight excluding hydrogens is 276 g/mol. The fraction of sp³-hybridized carbons (Fsp3) is 0.389. The van der Waals surface area contributed by atoms with Crippen LogP contribution in [0.5, 0.6) is 0 Å². The summed E-state index contributed by atoms with van der Waals surface area (Å²) in [5, 5.41) is 14.9. The fourth-order valence-corrected chi connectivity index (χ4v) is 3.12. The van der Waals surface area contributed by atoms with Gasteiger partial charge in [-0.25, -0.2) is 0 Å². The first kappa shape index (κ1) is 15.0. The van der Waals surface area contributed by atoms with Gasteiger partial charge in [-0.2, -0.15) is 0 Å². The van der Waals surface area contributed by atoms with Gasteiger partial charge in [-0.15, -0.1) is 0 Å². The van der Waals surface area contributed by atoms with Crippen molar-refractivity contribution in [3.05, 3.63) is 48.0 Å². The second kappa shape index (κ2) is 6.46. The Kier molecular flexibility index (Phi) is 4.41. The summed E-state index contributed by atoms with van der Waals surface area (Å²) in [6, 6.07) is 14.2. The van der Waals surface area contributed by atoms with Crippen molar-refractivity contribution in [1.82, 2.24) is 10.2 Å². The van der Waals surface area contributed by atoms with Crippen molar-refractivity contribution in [2.75, 3.05) is 6.54 Å². The third-order valence-electron chi connectivity index (χ3n) is 4.35. The molecule has 1 fully saturated rings. The summed E-state index contributed by atoms with van der Waals surface area (Å²) >= 11 is 0. The molecule has 0 bridgehead atoms. The SMILES string of the molecule is CCN(Cc1cccc2ccccc12)C(=O)[C@@H]1CCC(O)N1. The summed E-state index contributed by atoms with van der Waals surface area (Å²) in [6.45, 7) is 3.26. The van der Waals surface area contributed by atoms with Crippen LogP contribution in [0.4, 0.5) is 0 Å². The van der Waals surface area contributed by atoms with Gasteiger partial charge in [0.1, 0.15) is 6.23 Å². The van der Waals surface area contributed by atoms with E-state index in [1.54, 1.807) is 0 Å². The first-order valence-electron chi connectivity index (χ1n) is 7.88. The summed E-state index contributed by atoms with van der Waals surface area (Å²) < 4.78 is 0. The van der Waals surface area contributed by atoms with Crippen LogP contribution in [0.2, 0.25) is 0 Å². The summed E-state index contributed by atoms with van der Waals surface area (Å²) in [7, 11) is 0. The van der Waals surface area contributed by atoms with Gasteiger partial charge in [0, 0.05) is 13.1 Å². The van der Waals surface area contributed by atoms with Crippen LogP contribution in [0, 0.1) is 0 Å². The number of aliphatic hydroxyl groups excluding tert-OH is 1. The lowest BCUT2D eigenvalue weighted by atomic mass is 10.0. The van der Waals surface area contributed by atoms with Gasteiger partial charge in [0.2, 0.25) is 5.91 Å². The van der Waals surface area contributed by atoms with Crippen molar-refractivity contribution in [3.63, 3.8) is 0 Å². The Morgan fingerprint density at radius 2 is 2.00 bits per heavy atom. The maximum atomic E-state index is 12.6. The van der Waals surface area contributed by atoms with Crippen molar-refractivity contribution in [2.45, 2.75) is 38.6 Å². The predicted octanol–water partition coefficient (Wildman–Crippen LogP) is 2.26. The minimum Gasteiger partial charge on any atom is -0.379 e. The minimum atomic E-state index is -0.551. The first-order chi connectivity index (χ1) is 10.7. The van der Waals surface area contributed by atoms with E-state index >= 15 is 0 Å². The lowest BCUT2D eigenvalue weighted by Crippen LogP contribution is -2.44. The lowest BCUT2D eigenvalue weighted by Gasteiger charge is -2.25. The van der Waals surface area contributed by atoms with E-state index in [2.05, 4.69) is 29.6 Å². The second-order valence-electron chi connectivity index (χ2n) is 5.80. The fourth-order valence-electron chi connectivity index (χ4n) is 3.12. The van der Waals surface area contributed by atoms with Gasteiger partial charge >= 0.3 is 0 Å². The molecule has 2 aromatic carbocycles. The predicted molar refractivity (Wildman–Crippen MR) is 87.2 cm³/mol. The molecule has 0 saturated carbocycles. The Labute approximate surface area is 130 Å². The van der Waals surface area contributed by atoms with Crippen molar-refractivity contribution in [2.24, 2.45) is 0 Å². The Morgan fingerprint density at radius 3 is 2.73 bits per heavy atom. The zero-order chi connectivity index (χ0) is 15.5. The highest BCUT2D eigenvalue weighted by Crippen LogP contribution is 2.21. The molecule has 1 amide bonds. The number of fused-ring (bicyclic) bond motifs is 1. The van der Waals surface area contributed by atoms with Crippen LogP contribution in [0.15, 0.2) is 42.5 Å². The van der Waals surface area contributed by atoms with Gasteiger partial charge in [-0.1, -0.05) is 42.5 Å². The average molecular weight is 298 g/mol. The van der Waals surface area contributed by atoms with Crippen LogP contribution in [0.25, 0.3) is 10.8 Å². The van der Waals surface area contributed by atoms with E-state index in [1.165, 1.54) is 10.8 Å². The van der Waals surface area contributed by atoms with Gasteiger partial charge in [0.25, 0.3) is 0 Å². The zero-order valence-electron chi connectivity index (χ0n) is 12.8. The molecule has 4 nitrogen and oxygen atoms in total. The highest BCUT2D eigenvalue weighted by molar-refractivity contribution is 5.87.